The molecule has 8 nitrogen and oxygen atoms in total. The van der Waals surface area contributed by atoms with Crippen molar-refractivity contribution in [3.8, 4) is 0 Å². The van der Waals surface area contributed by atoms with Crippen LogP contribution in [0.4, 0.5) is 0 Å². The maximum Gasteiger partial charge on any atom is 0.238 e. The number of furan rings is 1. The van der Waals surface area contributed by atoms with Crippen LogP contribution in [0, 0.1) is 6.92 Å². The van der Waals surface area contributed by atoms with E-state index >= 15 is 0 Å². The van der Waals surface area contributed by atoms with Crippen molar-refractivity contribution in [2.24, 2.45) is 0 Å². The Morgan fingerprint density at radius 2 is 2.19 bits per heavy atom. The fourth-order valence-corrected chi connectivity index (χ4v) is 3.20. The van der Waals surface area contributed by atoms with Crippen LogP contribution in [0.15, 0.2) is 40.8 Å². The lowest BCUT2D eigenvalue weighted by Crippen LogP contribution is -2.43. The number of aromatic nitrogens is 3. The maximum atomic E-state index is 12.3. The number of rotatable bonds is 6. The van der Waals surface area contributed by atoms with Crippen molar-refractivity contribution >= 4 is 16.9 Å². The van der Waals surface area contributed by atoms with Crippen molar-refractivity contribution in [1.29, 1.82) is 0 Å². The van der Waals surface area contributed by atoms with Crippen LogP contribution in [0.5, 0.6) is 0 Å². The topological polar surface area (TPSA) is 97.0 Å². The number of carbonyl (C=O) groups excluding carboxylic acids is 1. The lowest BCUT2D eigenvalue weighted by molar-refractivity contribution is -0.122. The Morgan fingerprint density at radius 3 is 3.04 bits per heavy atom. The van der Waals surface area contributed by atoms with Gasteiger partial charge in [-0.05, 0) is 44.0 Å². The third-order valence-corrected chi connectivity index (χ3v) is 4.59. The monoisotopic (exact) mass is 354 g/mol. The second kappa shape index (κ2) is 7.27. The van der Waals surface area contributed by atoms with E-state index in [0.29, 0.717) is 19.5 Å². The van der Waals surface area contributed by atoms with Gasteiger partial charge in [0.25, 0.3) is 0 Å². The van der Waals surface area contributed by atoms with Gasteiger partial charge in [-0.25, -0.2) is 15.5 Å². The summed E-state index contributed by atoms with van der Waals surface area (Å²) in [6.07, 6.45) is 1.45. The van der Waals surface area contributed by atoms with E-state index in [4.69, 9.17) is 4.42 Å². The van der Waals surface area contributed by atoms with E-state index in [0.717, 1.165) is 29.0 Å². The Kier molecular flexibility index (Phi) is 4.68. The number of fused-ring (bicyclic) bond motifs is 1. The molecular formula is C18H22N6O2. The lowest BCUT2D eigenvalue weighted by atomic mass is 10.1. The fraction of sp³-hybridized carbons (Fsp3) is 0.389. The Bertz CT molecular complexity index is 902. The average molecular weight is 354 g/mol. The highest BCUT2D eigenvalue weighted by molar-refractivity contribution is 5.82. The number of carbonyl (C=O) groups is 1. The zero-order chi connectivity index (χ0) is 17.9. The average Bonchev–Trinajstić information content (AvgIpc) is 3.38. The predicted molar refractivity (Wildman–Crippen MR) is 96.0 cm³/mol. The van der Waals surface area contributed by atoms with Crippen LogP contribution in [0.3, 0.4) is 0 Å². The van der Waals surface area contributed by atoms with Gasteiger partial charge >= 0.3 is 0 Å². The van der Waals surface area contributed by atoms with Gasteiger partial charge in [0.15, 0.2) is 0 Å². The van der Waals surface area contributed by atoms with Crippen LogP contribution >= 0.6 is 0 Å². The smallest absolute Gasteiger partial charge is 0.238 e. The van der Waals surface area contributed by atoms with E-state index in [9.17, 15) is 4.79 Å². The number of aryl methyl sites for hydroxylation is 2. The first kappa shape index (κ1) is 16.7. The van der Waals surface area contributed by atoms with Crippen LogP contribution in [-0.2, 0) is 11.3 Å². The Hall–Kier alpha value is -2.71. The number of nitrogens with zero attached hydrogens (tertiary/aromatic N) is 3. The molecule has 3 aromatic rings. The molecule has 1 aliphatic rings. The molecule has 3 N–H and O–H groups in total. The minimum atomic E-state index is -0.266. The molecule has 0 saturated carbocycles. The molecule has 8 heteroatoms. The predicted octanol–water partition coefficient (Wildman–Crippen LogP) is 1.45. The van der Waals surface area contributed by atoms with Crippen LogP contribution in [0.1, 0.15) is 30.4 Å². The van der Waals surface area contributed by atoms with Crippen LogP contribution in [0.2, 0.25) is 0 Å². The molecule has 1 saturated heterocycles. The number of hydrogen-bond acceptors (Lipinski definition) is 6. The zero-order valence-electron chi connectivity index (χ0n) is 14.6. The molecule has 1 aliphatic heterocycles. The SMILES string of the molecule is Cc1ccc(C2CC(C(=O)NCCCn3nnc4ccccc43)NN2)o1. The summed E-state index contributed by atoms with van der Waals surface area (Å²) in [5.41, 5.74) is 8.06. The zero-order valence-corrected chi connectivity index (χ0v) is 14.6. The summed E-state index contributed by atoms with van der Waals surface area (Å²) in [5.74, 6) is 1.71. The minimum Gasteiger partial charge on any atom is -0.465 e. The van der Waals surface area contributed by atoms with Gasteiger partial charge in [0.05, 0.1) is 11.6 Å². The molecule has 2 atom stereocenters. The summed E-state index contributed by atoms with van der Waals surface area (Å²) in [6.45, 7) is 3.22. The van der Waals surface area contributed by atoms with E-state index < -0.39 is 0 Å². The van der Waals surface area contributed by atoms with Crippen LogP contribution < -0.4 is 16.2 Å². The minimum absolute atomic E-state index is 0.00766. The molecule has 0 spiro atoms. The molecule has 0 radical (unpaired) electrons. The van der Waals surface area contributed by atoms with Gasteiger partial charge < -0.3 is 9.73 Å². The van der Waals surface area contributed by atoms with E-state index in [-0.39, 0.29) is 18.0 Å². The highest BCUT2D eigenvalue weighted by Gasteiger charge is 2.31. The molecule has 136 valence electrons. The summed E-state index contributed by atoms with van der Waals surface area (Å²) in [6, 6.07) is 11.5. The molecule has 1 amide bonds. The van der Waals surface area contributed by atoms with Gasteiger partial charge in [-0.15, -0.1) is 5.10 Å². The molecule has 0 aliphatic carbocycles. The normalized spacial score (nSPS) is 19.9. The fourth-order valence-electron chi connectivity index (χ4n) is 3.20. The highest BCUT2D eigenvalue weighted by Crippen LogP contribution is 2.23. The van der Waals surface area contributed by atoms with E-state index in [2.05, 4.69) is 26.5 Å². The van der Waals surface area contributed by atoms with E-state index in [1.807, 2.05) is 48.0 Å². The second-order valence-corrected chi connectivity index (χ2v) is 6.52. The number of amides is 1. The van der Waals surface area contributed by atoms with Gasteiger partial charge in [-0.1, -0.05) is 17.3 Å². The molecular weight excluding hydrogens is 332 g/mol. The quantitative estimate of drug-likeness (QED) is 0.580. The van der Waals surface area contributed by atoms with Gasteiger partial charge in [-0.2, -0.15) is 0 Å². The molecule has 3 heterocycles. The molecule has 2 unspecified atom stereocenters. The van der Waals surface area contributed by atoms with Crippen molar-refractivity contribution in [3.63, 3.8) is 0 Å². The van der Waals surface area contributed by atoms with Crippen molar-refractivity contribution < 1.29 is 9.21 Å². The van der Waals surface area contributed by atoms with Gasteiger partial charge in [0, 0.05) is 13.1 Å². The lowest BCUT2D eigenvalue weighted by Gasteiger charge is -2.10. The van der Waals surface area contributed by atoms with Crippen molar-refractivity contribution in [2.75, 3.05) is 6.54 Å². The maximum absolute atomic E-state index is 12.3. The second-order valence-electron chi connectivity index (χ2n) is 6.52. The summed E-state index contributed by atoms with van der Waals surface area (Å²) in [7, 11) is 0. The highest BCUT2D eigenvalue weighted by atomic mass is 16.3. The summed E-state index contributed by atoms with van der Waals surface area (Å²) in [4.78, 5) is 12.3. The summed E-state index contributed by atoms with van der Waals surface area (Å²) < 4.78 is 7.49. The van der Waals surface area contributed by atoms with E-state index in [1.165, 1.54) is 0 Å². The van der Waals surface area contributed by atoms with Gasteiger partial charge in [-0.3, -0.25) is 4.79 Å². The van der Waals surface area contributed by atoms with Gasteiger partial charge in [0.1, 0.15) is 23.1 Å². The number of hydrogen-bond donors (Lipinski definition) is 3. The molecule has 1 aromatic carbocycles. The van der Waals surface area contributed by atoms with Gasteiger partial charge in [0.2, 0.25) is 5.91 Å². The summed E-state index contributed by atoms with van der Waals surface area (Å²) in [5, 5.41) is 11.3. The van der Waals surface area contributed by atoms with Crippen LogP contribution in [0.25, 0.3) is 11.0 Å². The first-order chi connectivity index (χ1) is 12.7. The van der Waals surface area contributed by atoms with Crippen molar-refractivity contribution in [1.82, 2.24) is 31.2 Å². The van der Waals surface area contributed by atoms with Crippen LogP contribution in [-0.4, -0.2) is 33.5 Å². The first-order valence-corrected chi connectivity index (χ1v) is 8.84. The summed E-state index contributed by atoms with van der Waals surface area (Å²) >= 11 is 0. The standard InChI is InChI=1S/C18H22N6O2/c1-12-7-8-17(26-12)14-11-15(21-20-14)18(25)19-9-4-10-24-16-6-3-2-5-13(16)22-23-24/h2-3,5-8,14-15,20-21H,4,9-11H2,1H3,(H,19,25). The molecule has 4 rings (SSSR count). The Morgan fingerprint density at radius 1 is 1.31 bits per heavy atom. The third kappa shape index (κ3) is 3.47. The van der Waals surface area contributed by atoms with E-state index in [1.54, 1.807) is 0 Å². The molecule has 2 aromatic heterocycles. The number of nitrogens with one attached hydrogen (secondary N) is 3. The number of benzene rings is 1. The molecule has 0 bridgehead atoms. The van der Waals surface area contributed by atoms with Crippen molar-refractivity contribution in [2.45, 2.75) is 38.4 Å². The largest absolute Gasteiger partial charge is 0.465 e. The molecule has 1 fully saturated rings. The Balaban J connectivity index is 1.23. The number of hydrazine groups is 1. The molecule has 26 heavy (non-hydrogen) atoms. The Labute approximate surface area is 150 Å². The van der Waals surface area contributed by atoms with Crippen molar-refractivity contribution in [3.05, 3.63) is 47.9 Å². The number of para-hydroxylation sites is 1. The third-order valence-electron chi connectivity index (χ3n) is 4.59. The first-order valence-electron chi connectivity index (χ1n) is 8.84.